The van der Waals surface area contributed by atoms with Gasteiger partial charge in [0.05, 0.1) is 11.5 Å². The molecule has 19 heavy (non-hydrogen) atoms. The summed E-state index contributed by atoms with van der Waals surface area (Å²) in [5, 5.41) is 11.6. The molecule has 0 aliphatic heterocycles. The Morgan fingerprint density at radius 3 is 2.84 bits per heavy atom. The molecule has 0 saturated heterocycles. The van der Waals surface area contributed by atoms with Crippen LogP contribution in [-0.2, 0) is 13.6 Å². The monoisotopic (exact) mass is 256 g/mol. The highest BCUT2D eigenvalue weighted by Gasteiger charge is 2.09. The first-order valence-corrected chi connectivity index (χ1v) is 5.84. The van der Waals surface area contributed by atoms with Gasteiger partial charge in [0.25, 0.3) is 5.69 Å². The number of fused-ring (bicyclic) bond motifs is 1. The van der Waals surface area contributed by atoms with Gasteiger partial charge >= 0.3 is 0 Å². The Labute approximate surface area is 109 Å². The maximum Gasteiger partial charge on any atom is 0.270 e. The number of non-ortho nitro benzene ring substituents is 1. The molecule has 0 atom stereocenters. The topological polar surface area (TPSA) is 65.9 Å². The van der Waals surface area contributed by atoms with Crippen molar-refractivity contribution in [3.63, 3.8) is 0 Å². The first-order chi connectivity index (χ1) is 9.15. The fourth-order valence-electron chi connectivity index (χ4n) is 2.14. The highest BCUT2D eigenvalue weighted by molar-refractivity contribution is 5.82. The quantitative estimate of drug-likeness (QED) is 0.533. The van der Waals surface area contributed by atoms with Gasteiger partial charge in [-0.05, 0) is 12.1 Å². The molecule has 2 aromatic heterocycles. The molecule has 0 bridgehead atoms. The molecule has 1 aromatic carbocycles. The number of hydrogen-bond donors (Lipinski definition) is 0. The normalized spacial score (nSPS) is 11.0. The standard InChI is InChI=1S/C13H12N4O2/c1-15-7-5-14-13(15)9-16-6-4-10-8-11(17(18)19)2-3-12(10)16/h2-8H,9H2,1H3. The summed E-state index contributed by atoms with van der Waals surface area (Å²) in [5.41, 5.74) is 1.08. The number of nitrogens with zero attached hydrogens (tertiary/aromatic N) is 4. The number of aromatic nitrogens is 3. The van der Waals surface area contributed by atoms with E-state index in [0.29, 0.717) is 6.54 Å². The third-order valence-corrected chi connectivity index (χ3v) is 3.20. The Hall–Kier alpha value is -2.63. The molecule has 2 heterocycles. The number of aryl methyl sites for hydroxylation is 1. The average Bonchev–Trinajstić information content (AvgIpc) is 2.97. The average molecular weight is 256 g/mol. The summed E-state index contributed by atoms with van der Waals surface area (Å²) >= 11 is 0. The number of benzene rings is 1. The first kappa shape index (κ1) is 11.5. The summed E-state index contributed by atoms with van der Waals surface area (Å²) in [5.74, 6) is 0.941. The Balaban J connectivity index is 2.02. The SMILES string of the molecule is Cn1ccnc1Cn1ccc2cc([N+](=O)[O-])ccc21. The summed E-state index contributed by atoms with van der Waals surface area (Å²) < 4.78 is 3.98. The van der Waals surface area contributed by atoms with E-state index >= 15 is 0 Å². The van der Waals surface area contributed by atoms with Crippen molar-refractivity contribution in [2.24, 2.45) is 7.05 Å². The third-order valence-electron chi connectivity index (χ3n) is 3.20. The van der Waals surface area contributed by atoms with Gasteiger partial charge in [0.1, 0.15) is 5.82 Å². The molecular formula is C13H12N4O2. The van der Waals surface area contributed by atoms with Crippen molar-refractivity contribution in [1.82, 2.24) is 14.1 Å². The molecule has 96 valence electrons. The molecule has 0 N–H and O–H groups in total. The second-order valence-electron chi connectivity index (χ2n) is 4.40. The predicted molar refractivity (Wildman–Crippen MR) is 70.9 cm³/mol. The second-order valence-corrected chi connectivity index (χ2v) is 4.40. The number of hydrogen-bond acceptors (Lipinski definition) is 3. The van der Waals surface area contributed by atoms with Crippen LogP contribution in [0.3, 0.4) is 0 Å². The van der Waals surface area contributed by atoms with Crippen molar-refractivity contribution < 1.29 is 4.92 Å². The fraction of sp³-hybridized carbons (Fsp3) is 0.154. The predicted octanol–water partition coefficient (Wildman–Crippen LogP) is 2.33. The van der Waals surface area contributed by atoms with Crippen molar-refractivity contribution in [3.05, 3.63) is 58.8 Å². The molecular weight excluding hydrogens is 244 g/mol. The molecule has 0 radical (unpaired) electrons. The van der Waals surface area contributed by atoms with Gasteiger partial charge in [0, 0.05) is 48.7 Å². The highest BCUT2D eigenvalue weighted by atomic mass is 16.6. The minimum atomic E-state index is -0.379. The van der Waals surface area contributed by atoms with Crippen molar-refractivity contribution in [3.8, 4) is 0 Å². The second kappa shape index (κ2) is 4.24. The highest BCUT2D eigenvalue weighted by Crippen LogP contribution is 2.22. The van der Waals surface area contributed by atoms with Crippen LogP contribution in [-0.4, -0.2) is 19.0 Å². The van der Waals surface area contributed by atoms with Crippen LogP contribution in [0.4, 0.5) is 5.69 Å². The molecule has 3 aromatic rings. The van der Waals surface area contributed by atoms with Crippen molar-refractivity contribution in [1.29, 1.82) is 0 Å². The van der Waals surface area contributed by atoms with E-state index < -0.39 is 0 Å². The summed E-state index contributed by atoms with van der Waals surface area (Å²) in [6, 6.07) is 6.77. The third kappa shape index (κ3) is 1.97. The minimum absolute atomic E-state index is 0.113. The fourth-order valence-corrected chi connectivity index (χ4v) is 2.14. The van der Waals surface area contributed by atoms with Crippen LogP contribution in [0.5, 0.6) is 0 Å². The van der Waals surface area contributed by atoms with E-state index in [1.54, 1.807) is 18.3 Å². The van der Waals surface area contributed by atoms with Gasteiger partial charge in [-0.25, -0.2) is 4.98 Å². The van der Waals surface area contributed by atoms with Gasteiger partial charge < -0.3 is 9.13 Å². The van der Waals surface area contributed by atoms with E-state index in [1.807, 2.05) is 34.6 Å². The van der Waals surface area contributed by atoms with Crippen LogP contribution in [0.15, 0.2) is 42.9 Å². The maximum absolute atomic E-state index is 10.7. The van der Waals surface area contributed by atoms with Crippen molar-refractivity contribution >= 4 is 16.6 Å². The van der Waals surface area contributed by atoms with Crippen LogP contribution >= 0.6 is 0 Å². The van der Waals surface area contributed by atoms with Gasteiger partial charge in [0.15, 0.2) is 0 Å². The lowest BCUT2D eigenvalue weighted by Crippen LogP contribution is -2.04. The zero-order chi connectivity index (χ0) is 13.4. The van der Waals surface area contributed by atoms with E-state index in [1.165, 1.54) is 6.07 Å². The molecule has 0 unspecified atom stereocenters. The summed E-state index contributed by atoms with van der Waals surface area (Å²) in [6.45, 7) is 0.644. The molecule has 6 heteroatoms. The molecule has 3 rings (SSSR count). The lowest BCUT2D eigenvalue weighted by Gasteiger charge is -2.05. The van der Waals surface area contributed by atoms with Crippen LogP contribution < -0.4 is 0 Å². The lowest BCUT2D eigenvalue weighted by molar-refractivity contribution is -0.384. The summed E-state index contributed by atoms with van der Waals surface area (Å²) in [6.07, 6.45) is 5.57. The van der Waals surface area contributed by atoms with E-state index in [4.69, 9.17) is 0 Å². The largest absolute Gasteiger partial charge is 0.340 e. The summed E-state index contributed by atoms with van der Waals surface area (Å²) in [7, 11) is 1.94. The van der Waals surface area contributed by atoms with Crippen LogP contribution in [0.1, 0.15) is 5.82 Å². The first-order valence-electron chi connectivity index (χ1n) is 5.84. The van der Waals surface area contributed by atoms with Crippen molar-refractivity contribution in [2.75, 3.05) is 0 Å². The van der Waals surface area contributed by atoms with Crippen LogP contribution in [0, 0.1) is 10.1 Å². The number of imidazole rings is 1. The van der Waals surface area contributed by atoms with E-state index in [9.17, 15) is 10.1 Å². The van der Waals surface area contributed by atoms with Gasteiger partial charge in [0.2, 0.25) is 0 Å². The number of rotatable bonds is 3. The Morgan fingerprint density at radius 2 is 2.16 bits per heavy atom. The molecule has 0 spiro atoms. The number of nitro groups is 1. The zero-order valence-electron chi connectivity index (χ0n) is 10.4. The Kier molecular flexibility index (Phi) is 2.56. The molecule has 0 saturated carbocycles. The van der Waals surface area contributed by atoms with Crippen LogP contribution in [0.2, 0.25) is 0 Å². The van der Waals surface area contributed by atoms with E-state index in [0.717, 1.165) is 16.7 Å². The molecule has 0 amide bonds. The van der Waals surface area contributed by atoms with E-state index in [-0.39, 0.29) is 10.6 Å². The Bertz CT molecular complexity index is 757. The van der Waals surface area contributed by atoms with Gasteiger partial charge in [-0.3, -0.25) is 10.1 Å². The minimum Gasteiger partial charge on any atom is -0.340 e. The van der Waals surface area contributed by atoms with E-state index in [2.05, 4.69) is 4.98 Å². The smallest absolute Gasteiger partial charge is 0.270 e. The molecule has 0 aliphatic rings. The molecule has 0 aliphatic carbocycles. The van der Waals surface area contributed by atoms with Crippen LogP contribution in [0.25, 0.3) is 10.9 Å². The van der Waals surface area contributed by atoms with Gasteiger partial charge in [-0.2, -0.15) is 0 Å². The number of nitro benzene ring substituents is 1. The van der Waals surface area contributed by atoms with Gasteiger partial charge in [-0.1, -0.05) is 0 Å². The van der Waals surface area contributed by atoms with Gasteiger partial charge in [-0.15, -0.1) is 0 Å². The lowest BCUT2D eigenvalue weighted by atomic mass is 10.2. The molecule has 6 nitrogen and oxygen atoms in total. The molecule has 0 fully saturated rings. The zero-order valence-corrected chi connectivity index (χ0v) is 10.4. The Morgan fingerprint density at radius 1 is 1.32 bits per heavy atom. The maximum atomic E-state index is 10.7. The summed E-state index contributed by atoms with van der Waals surface area (Å²) in [4.78, 5) is 14.6. The van der Waals surface area contributed by atoms with Crippen molar-refractivity contribution in [2.45, 2.75) is 6.54 Å².